The molecule has 0 aliphatic carbocycles. The largest absolute Gasteiger partial charge is 0.462 e. The summed E-state index contributed by atoms with van der Waals surface area (Å²) in [4.78, 5) is 39.0. The number of carbonyl (C=O) groups excluding carboxylic acids is 2. The van der Waals surface area contributed by atoms with Gasteiger partial charge in [-0.15, -0.1) is 0 Å². The van der Waals surface area contributed by atoms with Gasteiger partial charge in [-0.1, -0.05) is 19.1 Å². The number of rotatable bonds is 8. The average molecular weight is 445 g/mol. The molecule has 0 radical (unpaired) electrons. The monoisotopic (exact) mass is 444 g/mol. The minimum atomic E-state index is -0.763. The van der Waals surface area contributed by atoms with E-state index in [0.717, 1.165) is 0 Å². The van der Waals surface area contributed by atoms with Crippen LogP contribution in [0, 0.1) is 10.1 Å². The van der Waals surface area contributed by atoms with Gasteiger partial charge >= 0.3 is 11.9 Å². The van der Waals surface area contributed by atoms with Gasteiger partial charge in [0.2, 0.25) is 0 Å². The van der Waals surface area contributed by atoms with Crippen molar-refractivity contribution in [1.29, 1.82) is 0 Å². The van der Waals surface area contributed by atoms with Crippen molar-refractivity contribution in [1.82, 2.24) is 4.90 Å². The second-order valence-electron chi connectivity index (χ2n) is 8.33. The lowest BCUT2D eigenvalue weighted by molar-refractivity contribution is -0.384. The summed E-state index contributed by atoms with van der Waals surface area (Å²) in [6, 6.07) is 5.86. The SMILES string of the molecule is CCCOC(=O)C1=C(C)N(C(C)C)C(C)=C(C(=O)OC(C)C)C1c1ccc([N+](=O)[O-])cc1. The Hall–Kier alpha value is -3.16. The van der Waals surface area contributed by atoms with Crippen molar-refractivity contribution in [3.8, 4) is 0 Å². The lowest BCUT2D eigenvalue weighted by atomic mass is 9.79. The van der Waals surface area contributed by atoms with Crippen molar-refractivity contribution >= 4 is 17.6 Å². The number of nitro benzene ring substituents is 1. The quantitative estimate of drug-likeness (QED) is 0.321. The predicted octanol–water partition coefficient (Wildman–Crippen LogP) is 4.86. The first-order valence-corrected chi connectivity index (χ1v) is 10.8. The molecule has 1 unspecified atom stereocenters. The van der Waals surface area contributed by atoms with E-state index in [0.29, 0.717) is 34.5 Å². The van der Waals surface area contributed by atoms with E-state index in [2.05, 4.69) is 0 Å². The first-order chi connectivity index (χ1) is 15.0. The third kappa shape index (κ3) is 5.18. The van der Waals surface area contributed by atoms with Crippen molar-refractivity contribution < 1.29 is 24.0 Å². The van der Waals surface area contributed by atoms with Crippen molar-refractivity contribution in [2.45, 2.75) is 73.0 Å². The summed E-state index contributed by atoms with van der Waals surface area (Å²) in [5.74, 6) is -1.80. The normalized spacial score (nSPS) is 16.7. The minimum absolute atomic E-state index is 0.0244. The van der Waals surface area contributed by atoms with Crippen LogP contribution < -0.4 is 0 Å². The zero-order valence-corrected chi connectivity index (χ0v) is 19.8. The highest BCUT2D eigenvalue weighted by molar-refractivity contribution is 6.00. The van der Waals surface area contributed by atoms with Gasteiger partial charge in [0.1, 0.15) is 0 Å². The van der Waals surface area contributed by atoms with Crippen LogP contribution in [0.15, 0.2) is 46.8 Å². The molecule has 0 bridgehead atoms. The molecule has 1 aromatic rings. The Labute approximate surface area is 189 Å². The Bertz CT molecular complexity index is 944. The van der Waals surface area contributed by atoms with Crippen LogP contribution in [0.3, 0.4) is 0 Å². The van der Waals surface area contributed by atoms with E-state index < -0.39 is 22.8 Å². The first-order valence-electron chi connectivity index (χ1n) is 10.8. The molecule has 8 heteroatoms. The molecule has 8 nitrogen and oxygen atoms in total. The Morgan fingerprint density at radius 1 is 1.03 bits per heavy atom. The number of allylic oxidation sites excluding steroid dienone is 2. The molecular formula is C24H32N2O6. The summed E-state index contributed by atoms with van der Waals surface area (Å²) in [6.07, 6.45) is 0.306. The standard InChI is InChI=1S/C24H32N2O6/c1-8-13-31-23(27)20-16(6)25(14(2)3)17(7)21(24(28)32-15(4)5)22(20)18-9-11-19(12-10-18)26(29)30/h9-12,14-15,22H,8,13H2,1-7H3. The summed E-state index contributed by atoms with van der Waals surface area (Å²) in [7, 11) is 0. The Morgan fingerprint density at radius 2 is 1.56 bits per heavy atom. The van der Waals surface area contributed by atoms with Gasteiger partial charge in [0.25, 0.3) is 5.69 Å². The van der Waals surface area contributed by atoms with Crippen molar-refractivity contribution in [3.63, 3.8) is 0 Å². The molecule has 2 rings (SSSR count). The number of non-ortho nitro benzene ring substituents is 1. The number of carbonyl (C=O) groups is 2. The fourth-order valence-corrected chi connectivity index (χ4v) is 4.05. The zero-order chi connectivity index (χ0) is 24.2. The molecular weight excluding hydrogens is 412 g/mol. The third-order valence-corrected chi connectivity index (χ3v) is 5.25. The molecule has 1 aliphatic heterocycles. The second kappa shape index (κ2) is 10.4. The van der Waals surface area contributed by atoms with Crippen LogP contribution in [0.25, 0.3) is 0 Å². The van der Waals surface area contributed by atoms with Gasteiger partial charge in [0, 0.05) is 29.6 Å². The molecule has 0 amide bonds. The summed E-state index contributed by atoms with van der Waals surface area (Å²) in [5.41, 5.74) is 2.53. The highest BCUT2D eigenvalue weighted by Gasteiger charge is 2.41. The molecule has 174 valence electrons. The molecule has 0 saturated carbocycles. The van der Waals surface area contributed by atoms with Gasteiger partial charge in [-0.2, -0.15) is 0 Å². The van der Waals surface area contributed by atoms with Crippen LogP contribution >= 0.6 is 0 Å². The van der Waals surface area contributed by atoms with Crippen LogP contribution in [0.4, 0.5) is 5.69 Å². The van der Waals surface area contributed by atoms with E-state index >= 15 is 0 Å². The van der Waals surface area contributed by atoms with Gasteiger partial charge < -0.3 is 14.4 Å². The topological polar surface area (TPSA) is 99.0 Å². The number of esters is 2. The highest BCUT2D eigenvalue weighted by Crippen LogP contribution is 2.44. The van der Waals surface area contributed by atoms with E-state index in [4.69, 9.17) is 9.47 Å². The molecule has 1 heterocycles. The van der Waals surface area contributed by atoms with Gasteiger partial charge in [-0.05, 0) is 53.5 Å². The van der Waals surface area contributed by atoms with E-state index in [-0.39, 0.29) is 24.4 Å². The van der Waals surface area contributed by atoms with Gasteiger partial charge in [-0.25, -0.2) is 9.59 Å². The number of ether oxygens (including phenoxy) is 2. The molecule has 0 spiro atoms. The number of nitro groups is 1. The molecule has 32 heavy (non-hydrogen) atoms. The van der Waals surface area contributed by atoms with Crippen LogP contribution in [0.5, 0.6) is 0 Å². The fraction of sp³-hybridized carbons (Fsp3) is 0.500. The van der Waals surface area contributed by atoms with E-state index in [9.17, 15) is 19.7 Å². The number of benzene rings is 1. The second-order valence-corrected chi connectivity index (χ2v) is 8.33. The summed E-state index contributed by atoms with van der Waals surface area (Å²) in [5, 5.41) is 11.1. The van der Waals surface area contributed by atoms with E-state index in [1.54, 1.807) is 26.0 Å². The third-order valence-electron chi connectivity index (χ3n) is 5.25. The number of hydrogen-bond acceptors (Lipinski definition) is 7. The van der Waals surface area contributed by atoms with Crippen LogP contribution in [0.1, 0.15) is 66.4 Å². The van der Waals surface area contributed by atoms with Gasteiger partial charge in [-0.3, -0.25) is 10.1 Å². The minimum Gasteiger partial charge on any atom is -0.462 e. The molecule has 1 aromatic carbocycles. The van der Waals surface area contributed by atoms with Crippen LogP contribution in [-0.2, 0) is 19.1 Å². The fourth-order valence-electron chi connectivity index (χ4n) is 4.05. The number of hydrogen-bond donors (Lipinski definition) is 0. The molecule has 0 aromatic heterocycles. The van der Waals surface area contributed by atoms with Gasteiger partial charge in [0.05, 0.1) is 34.7 Å². The smallest absolute Gasteiger partial charge is 0.337 e. The number of nitrogens with zero attached hydrogens (tertiary/aromatic N) is 2. The molecule has 1 aliphatic rings. The van der Waals surface area contributed by atoms with Crippen LogP contribution in [0.2, 0.25) is 0 Å². The molecule has 0 saturated heterocycles. The highest BCUT2D eigenvalue weighted by atomic mass is 16.6. The zero-order valence-electron chi connectivity index (χ0n) is 19.8. The van der Waals surface area contributed by atoms with Crippen molar-refractivity contribution in [2.24, 2.45) is 0 Å². The van der Waals surface area contributed by atoms with E-state index in [1.807, 2.05) is 39.5 Å². The molecule has 0 fully saturated rings. The maximum atomic E-state index is 13.2. The maximum absolute atomic E-state index is 13.2. The Morgan fingerprint density at radius 3 is 2.00 bits per heavy atom. The van der Waals surface area contributed by atoms with E-state index in [1.165, 1.54) is 12.1 Å². The Kier molecular flexibility index (Phi) is 8.19. The van der Waals surface area contributed by atoms with Crippen molar-refractivity contribution in [2.75, 3.05) is 6.61 Å². The lowest BCUT2D eigenvalue weighted by Gasteiger charge is -2.40. The van der Waals surface area contributed by atoms with Gasteiger partial charge in [0.15, 0.2) is 0 Å². The first kappa shape index (κ1) is 25.1. The average Bonchev–Trinajstić information content (AvgIpc) is 2.70. The lowest BCUT2D eigenvalue weighted by Crippen LogP contribution is -2.38. The summed E-state index contributed by atoms with van der Waals surface area (Å²) in [6.45, 7) is 13.3. The maximum Gasteiger partial charge on any atom is 0.337 e. The summed E-state index contributed by atoms with van der Waals surface area (Å²) < 4.78 is 11.0. The summed E-state index contributed by atoms with van der Waals surface area (Å²) >= 11 is 0. The van der Waals surface area contributed by atoms with Crippen molar-refractivity contribution in [3.05, 3.63) is 62.5 Å². The molecule has 1 atom stereocenters. The molecule has 0 N–H and O–H groups in total. The predicted molar refractivity (Wildman–Crippen MR) is 121 cm³/mol. The van der Waals surface area contributed by atoms with Crippen LogP contribution in [-0.4, -0.2) is 40.5 Å². The Balaban J connectivity index is 2.77.